The number of fused-ring (bicyclic) bond motifs is 1. The van der Waals surface area contributed by atoms with Gasteiger partial charge in [0.25, 0.3) is 0 Å². The van der Waals surface area contributed by atoms with Gasteiger partial charge < -0.3 is 4.74 Å². The van der Waals surface area contributed by atoms with Crippen molar-refractivity contribution in [1.29, 1.82) is 0 Å². The highest BCUT2D eigenvalue weighted by molar-refractivity contribution is 9.10. The average molecular weight is 271 g/mol. The molecule has 0 amide bonds. The van der Waals surface area contributed by atoms with Crippen molar-refractivity contribution in [2.24, 2.45) is 0 Å². The second-order valence-corrected chi connectivity index (χ2v) is 4.96. The van der Waals surface area contributed by atoms with Gasteiger partial charge in [-0.25, -0.2) is 0 Å². The molecule has 14 heavy (non-hydrogen) atoms. The van der Waals surface area contributed by atoms with Crippen LogP contribution in [0.15, 0.2) is 22.7 Å². The summed E-state index contributed by atoms with van der Waals surface area (Å²) in [4.78, 5) is 0. The van der Waals surface area contributed by atoms with E-state index < -0.39 is 0 Å². The molecule has 0 fully saturated rings. The highest BCUT2D eigenvalue weighted by Crippen LogP contribution is 2.36. The molecular formula is C11H11BrOS. The number of methoxy groups -OCH3 is 1. The van der Waals surface area contributed by atoms with Gasteiger partial charge in [0.2, 0.25) is 0 Å². The van der Waals surface area contributed by atoms with E-state index in [4.69, 9.17) is 4.74 Å². The molecule has 0 saturated heterocycles. The fourth-order valence-electron chi connectivity index (χ4n) is 1.58. The summed E-state index contributed by atoms with van der Waals surface area (Å²) in [6, 6.07) is 6.35. The number of hydrogen-bond acceptors (Lipinski definition) is 2. The maximum Gasteiger partial charge on any atom is 0.174 e. The Hall–Kier alpha value is -0.540. The Labute approximate surface area is 95.8 Å². The molecule has 0 saturated carbocycles. The SMILES string of the molecule is CCc1c(Br)ccc2sc(OC)cc12. The fourth-order valence-corrected chi connectivity index (χ4v) is 3.11. The second-order valence-electron chi connectivity index (χ2n) is 3.06. The number of ether oxygens (including phenoxy) is 1. The van der Waals surface area contributed by atoms with E-state index in [1.54, 1.807) is 18.4 Å². The van der Waals surface area contributed by atoms with Crippen molar-refractivity contribution in [1.82, 2.24) is 0 Å². The van der Waals surface area contributed by atoms with Crippen LogP contribution < -0.4 is 4.74 Å². The normalized spacial score (nSPS) is 10.8. The van der Waals surface area contributed by atoms with E-state index in [1.807, 2.05) is 0 Å². The van der Waals surface area contributed by atoms with Crippen LogP contribution in [0.3, 0.4) is 0 Å². The minimum Gasteiger partial charge on any atom is -0.487 e. The summed E-state index contributed by atoms with van der Waals surface area (Å²) in [5.74, 6) is 0. The summed E-state index contributed by atoms with van der Waals surface area (Å²) in [6.45, 7) is 2.17. The molecule has 0 aliphatic rings. The van der Waals surface area contributed by atoms with Crippen LogP contribution in [0, 0.1) is 0 Å². The lowest BCUT2D eigenvalue weighted by Gasteiger charge is -2.01. The first kappa shape index (κ1) is 9.99. The van der Waals surface area contributed by atoms with Gasteiger partial charge in [0.05, 0.1) is 7.11 Å². The largest absolute Gasteiger partial charge is 0.487 e. The van der Waals surface area contributed by atoms with Crippen LogP contribution in [-0.2, 0) is 6.42 Å². The topological polar surface area (TPSA) is 9.23 Å². The predicted molar refractivity (Wildman–Crippen MR) is 65.5 cm³/mol. The summed E-state index contributed by atoms with van der Waals surface area (Å²) in [5.41, 5.74) is 1.36. The quantitative estimate of drug-likeness (QED) is 0.794. The van der Waals surface area contributed by atoms with Crippen LogP contribution >= 0.6 is 27.3 Å². The zero-order valence-electron chi connectivity index (χ0n) is 8.13. The van der Waals surface area contributed by atoms with Crippen LogP contribution in [0.5, 0.6) is 5.06 Å². The van der Waals surface area contributed by atoms with E-state index >= 15 is 0 Å². The Morgan fingerprint density at radius 1 is 1.43 bits per heavy atom. The highest BCUT2D eigenvalue weighted by Gasteiger charge is 2.08. The third kappa shape index (κ3) is 1.55. The summed E-state index contributed by atoms with van der Waals surface area (Å²) >= 11 is 5.27. The van der Waals surface area contributed by atoms with Crippen LogP contribution in [-0.4, -0.2) is 7.11 Å². The molecule has 0 N–H and O–H groups in total. The Kier molecular flexibility index (Phi) is 2.79. The molecule has 1 aromatic carbocycles. The van der Waals surface area contributed by atoms with Gasteiger partial charge in [-0.15, -0.1) is 0 Å². The maximum atomic E-state index is 5.24. The average Bonchev–Trinajstić information content (AvgIpc) is 2.60. The lowest BCUT2D eigenvalue weighted by molar-refractivity contribution is 0.427. The molecule has 0 radical (unpaired) electrons. The van der Waals surface area contributed by atoms with Crippen molar-refractivity contribution in [2.45, 2.75) is 13.3 Å². The van der Waals surface area contributed by atoms with Gasteiger partial charge in [-0.1, -0.05) is 34.2 Å². The van der Waals surface area contributed by atoms with Crippen molar-refractivity contribution in [3.8, 4) is 5.06 Å². The van der Waals surface area contributed by atoms with Gasteiger partial charge >= 0.3 is 0 Å². The molecule has 0 spiro atoms. The molecular weight excluding hydrogens is 260 g/mol. The van der Waals surface area contributed by atoms with Crippen molar-refractivity contribution < 1.29 is 4.74 Å². The number of hydrogen-bond donors (Lipinski definition) is 0. The predicted octanol–water partition coefficient (Wildman–Crippen LogP) is 4.23. The van der Waals surface area contributed by atoms with E-state index in [1.165, 1.54) is 20.1 Å². The zero-order valence-corrected chi connectivity index (χ0v) is 10.5. The van der Waals surface area contributed by atoms with Gasteiger partial charge in [0.15, 0.2) is 5.06 Å². The van der Waals surface area contributed by atoms with Crippen LogP contribution in [0.2, 0.25) is 0 Å². The number of thiophene rings is 1. The molecule has 1 aromatic heterocycles. The van der Waals surface area contributed by atoms with Gasteiger partial charge in [-0.2, -0.15) is 0 Å². The maximum absolute atomic E-state index is 5.24. The molecule has 1 nitrogen and oxygen atoms in total. The molecule has 2 rings (SSSR count). The molecule has 0 unspecified atom stereocenters. The van der Waals surface area contributed by atoms with Gasteiger partial charge in [-0.05, 0) is 30.2 Å². The van der Waals surface area contributed by atoms with Crippen molar-refractivity contribution >= 4 is 37.4 Å². The molecule has 3 heteroatoms. The van der Waals surface area contributed by atoms with Crippen LogP contribution in [0.4, 0.5) is 0 Å². The summed E-state index contributed by atoms with van der Waals surface area (Å²) in [6.07, 6.45) is 1.04. The van der Waals surface area contributed by atoms with Crippen molar-refractivity contribution in [2.75, 3.05) is 7.11 Å². The summed E-state index contributed by atoms with van der Waals surface area (Å²) in [5, 5.41) is 2.29. The first-order chi connectivity index (χ1) is 6.76. The van der Waals surface area contributed by atoms with E-state index in [0.717, 1.165) is 11.5 Å². The molecule has 74 valence electrons. The third-order valence-corrected chi connectivity index (χ3v) is 4.09. The standard InChI is InChI=1S/C11H11BrOS/c1-3-7-8-6-11(13-2)14-10(8)5-4-9(7)12/h4-6H,3H2,1-2H3. The van der Waals surface area contributed by atoms with Crippen LogP contribution in [0.25, 0.3) is 10.1 Å². The summed E-state index contributed by atoms with van der Waals surface area (Å²) in [7, 11) is 1.71. The molecule has 1 heterocycles. The number of halogens is 1. The van der Waals surface area contributed by atoms with E-state index in [9.17, 15) is 0 Å². The molecule has 0 aliphatic carbocycles. The van der Waals surface area contributed by atoms with Gasteiger partial charge in [0.1, 0.15) is 0 Å². The molecule has 2 aromatic rings. The lowest BCUT2D eigenvalue weighted by atomic mass is 10.1. The minimum absolute atomic E-state index is 0.979. The highest BCUT2D eigenvalue weighted by atomic mass is 79.9. The Bertz CT molecular complexity index is 462. The smallest absolute Gasteiger partial charge is 0.174 e. The van der Waals surface area contributed by atoms with E-state index in [2.05, 4.69) is 41.1 Å². The van der Waals surface area contributed by atoms with Gasteiger partial charge in [0, 0.05) is 14.6 Å². The number of benzene rings is 1. The number of aryl methyl sites for hydroxylation is 1. The molecule has 0 atom stereocenters. The zero-order chi connectivity index (χ0) is 10.1. The third-order valence-electron chi connectivity index (χ3n) is 2.29. The first-order valence-corrected chi connectivity index (χ1v) is 6.12. The van der Waals surface area contributed by atoms with Gasteiger partial charge in [-0.3, -0.25) is 0 Å². The molecule has 0 aliphatic heterocycles. The van der Waals surface area contributed by atoms with Crippen molar-refractivity contribution in [3.05, 3.63) is 28.2 Å². The van der Waals surface area contributed by atoms with E-state index in [-0.39, 0.29) is 0 Å². The first-order valence-electron chi connectivity index (χ1n) is 4.51. The summed E-state index contributed by atoms with van der Waals surface area (Å²) < 4.78 is 7.72. The van der Waals surface area contributed by atoms with Crippen molar-refractivity contribution in [3.63, 3.8) is 0 Å². The molecule has 0 bridgehead atoms. The Morgan fingerprint density at radius 3 is 2.86 bits per heavy atom. The van der Waals surface area contributed by atoms with Crippen LogP contribution in [0.1, 0.15) is 12.5 Å². The fraction of sp³-hybridized carbons (Fsp3) is 0.273. The second kappa shape index (κ2) is 3.91. The lowest BCUT2D eigenvalue weighted by Crippen LogP contribution is -1.82. The monoisotopic (exact) mass is 270 g/mol. The Balaban J connectivity index is 2.73. The van der Waals surface area contributed by atoms with E-state index in [0.29, 0.717) is 0 Å². The minimum atomic E-state index is 0.979. The Morgan fingerprint density at radius 2 is 2.21 bits per heavy atom. The number of rotatable bonds is 2.